The van der Waals surface area contributed by atoms with Gasteiger partial charge in [0.1, 0.15) is 0 Å². The molecule has 1 heterocycles. The van der Waals surface area contributed by atoms with Crippen molar-refractivity contribution in [2.24, 2.45) is 5.92 Å². The van der Waals surface area contributed by atoms with Gasteiger partial charge >= 0.3 is 0 Å². The van der Waals surface area contributed by atoms with E-state index in [4.69, 9.17) is 0 Å². The van der Waals surface area contributed by atoms with Crippen LogP contribution in [0.15, 0.2) is 0 Å². The van der Waals surface area contributed by atoms with Crippen LogP contribution < -0.4 is 5.32 Å². The molecule has 0 aromatic heterocycles. The second-order valence-electron chi connectivity index (χ2n) is 4.95. The molecule has 2 N–H and O–H groups in total. The van der Waals surface area contributed by atoms with Crippen molar-refractivity contribution >= 4 is 0 Å². The summed E-state index contributed by atoms with van der Waals surface area (Å²) >= 11 is 0. The van der Waals surface area contributed by atoms with Gasteiger partial charge in [0.2, 0.25) is 0 Å². The maximum Gasteiger partial charge on any atom is 0.0693 e. The summed E-state index contributed by atoms with van der Waals surface area (Å²) in [5, 5.41) is 13.3. The van der Waals surface area contributed by atoms with E-state index < -0.39 is 0 Å². The number of aliphatic hydroxyl groups is 1. The summed E-state index contributed by atoms with van der Waals surface area (Å²) in [6.07, 6.45) is 4.53. The Morgan fingerprint density at radius 3 is 2.64 bits per heavy atom. The van der Waals surface area contributed by atoms with Crippen LogP contribution in [0.4, 0.5) is 0 Å². The minimum Gasteiger partial charge on any atom is -0.392 e. The zero-order valence-electron chi connectivity index (χ0n) is 9.08. The Kier molecular flexibility index (Phi) is 3.42. The fourth-order valence-corrected chi connectivity index (χ4v) is 2.62. The van der Waals surface area contributed by atoms with Gasteiger partial charge in [-0.2, -0.15) is 0 Å². The molecule has 2 rings (SSSR count). The first-order valence-electron chi connectivity index (χ1n) is 5.85. The monoisotopic (exact) mass is 198 g/mol. The van der Waals surface area contributed by atoms with Gasteiger partial charge in [0.05, 0.1) is 6.10 Å². The van der Waals surface area contributed by atoms with Crippen LogP contribution in [-0.4, -0.2) is 48.8 Å². The van der Waals surface area contributed by atoms with Gasteiger partial charge in [-0.3, -0.25) is 0 Å². The second kappa shape index (κ2) is 4.60. The largest absolute Gasteiger partial charge is 0.392 e. The average molecular weight is 198 g/mol. The SMILES string of the molecule is CN1CC(CN[C@@H]2CCCC[C@H]2O)C1. The molecule has 0 aromatic carbocycles. The fourth-order valence-electron chi connectivity index (χ4n) is 2.62. The first-order valence-corrected chi connectivity index (χ1v) is 5.85. The number of hydrogen-bond acceptors (Lipinski definition) is 3. The lowest BCUT2D eigenvalue weighted by Crippen LogP contribution is -2.52. The van der Waals surface area contributed by atoms with Gasteiger partial charge in [-0.25, -0.2) is 0 Å². The van der Waals surface area contributed by atoms with Gasteiger partial charge in [0.25, 0.3) is 0 Å². The van der Waals surface area contributed by atoms with E-state index in [0.717, 1.165) is 25.3 Å². The highest BCUT2D eigenvalue weighted by atomic mass is 16.3. The molecule has 1 aliphatic carbocycles. The van der Waals surface area contributed by atoms with Crippen LogP contribution >= 0.6 is 0 Å². The van der Waals surface area contributed by atoms with Crippen molar-refractivity contribution in [2.75, 3.05) is 26.7 Å². The Bertz CT molecular complexity index is 180. The third-order valence-electron chi connectivity index (χ3n) is 3.54. The van der Waals surface area contributed by atoms with Crippen LogP contribution in [0, 0.1) is 5.92 Å². The van der Waals surface area contributed by atoms with E-state index in [1.807, 2.05) is 0 Å². The first kappa shape index (κ1) is 10.4. The summed E-state index contributed by atoms with van der Waals surface area (Å²) < 4.78 is 0. The van der Waals surface area contributed by atoms with Crippen molar-refractivity contribution in [2.45, 2.75) is 37.8 Å². The molecule has 0 amide bonds. The number of nitrogens with zero attached hydrogens (tertiary/aromatic N) is 1. The smallest absolute Gasteiger partial charge is 0.0693 e. The van der Waals surface area contributed by atoms with E-state index in [2.05, 4.69) is 17.3 Å². The minimum absolute atomic E-state index is 0.0958. The molecule has 2 aliphatic rings. The van der Waals surface area contributed by atoms with Gasteiger partial charge < -0.3 is 15.3 Å². The van der Waals surface area contributed by atoms with Gasteiger partial charge in [0, 0.05) is 25.7 Å². The second-order valence-corrected chi connectivity index (χ2v) is 4.95. The van der Waals surface area contributed by atoms with Crippen molar-refractivity contribution in [3.05, 3.63) is 0 Å². The van der Waals surface area contributed by atoms with Crippen LogP contribution in [0.1, 0.15) is 25.7 Å². The van der Waals surface area contributed by atoms with Crippen LogP contribution in [-0.2, 0) is 0 Å². The maximum atomic E-state index is 9.75. The normalized spacial score (nSPS) is 35.6. The van der Waals surface area contributed by atoms with Crippen LogP contribution in [0.5, 0.6) is 0 Å². The van der Waals surface area contributed by atoms with Crippen molar-refractivity contribution in [3.63, 3.8) is 0 Å². The summed E-state index contributed by atoms with van der Waals surface area (Å²) in [7, 11) is 2.16. The Morgan fingerprint density at radius 2 is 2.00 bits per heavy atom. The quantitative estimate of drug-likeness (QED) is 0.691. The van der Waals surface area contributed by atoms with E-state index in [0.29, 0.717) is 6.04 Å². The molecule has 1 saturated carbocycles. The topological polar surface area (TPSA) is 35.5 Å². The molecule has 0 spiro atoms. The Hall–Kier alpha value is -0.120. The van der Waals surface area contributed by atoms with Gasteiger partial charge in [0.15, 0.2) is 0 Å². The molecule has 0 aromatic rings. The predicted molar refractivity (Wildman–Crippen MR) is 57.3 cm³/mol. The van der Waals surface area contributed by atoms with Crippen molar-refractivity contribution in [1.82, 2.24) is 10.2 Å². The molecule has 1 saturated heterocycles. The molecule has 3 nitrogen and oxygen atoms in total. The Morgan fingerprint density at radius 1 is 1.29 bits per heavy atom. The number of nitrogens with one attached hydrogen (secondary N) is 1. The lowest BCUT2D eigenvalue weighted by molar-refractivity contribution is 0.0755. The zero-order valence-corrected chi connectivity index (χ0v) is 9.08. The standard InChI is InChI=1S/C11H22N2O/c1-13-7-9(8-13)6-12-10-4-2-3-5-11(10)14/h9-12,14H,2-8H2,1H3/t10-,11-/m1/s1. The molecule has 2 fully saturated rings. The zero-order chi connectivity index (χ0) is 9.97. The van der Waals surface area contributed by atoms with E-state index in [1.54, 1.807) is 0 Å². The van der Waals surface area contributed by atoms with Crippen molar-refractivity contribution < 1.29 is 5.11 Å². The fraction of sp³-hybridized carbons (Fsp3) is 1.00. The molecule has 82 valence electrons. The first-order chi connectivity index (χ1) is 6.75. The van der Waals surface area contributed by atoms with Gasteiger partial charge in [-0.05, 0) is 25.8 Å². The number of rotatable bonds is 3. The van der Waals surface area contributed by atoms with Crippen LogP contribution in [0.25, 0.3) is 0 Å². The average Bonchev–Trinajstić information content (AvgIpc) is 2.13. The van der Waals surface area contributed by atoms with Crippen molar-refractivity contribution in [3.8, 4) is 0 Å². The third-order valence-corrected chi connectivity index (χ3v) is 3.54. The highest BCUT2D eigenvalue weighted by molar-refractivity contribution is 4.84. The number of aliphatic hydroxyl groups excluding tert-OH is 1. The Balaban J connectivity index is 1.64. The third kappa shape index (κ3) is 2.47. The molecule has 14 heavy (non-hydrogen) atoms. The lowest BCUT2D eigenvalue weighted by Gasteiger charge is -2.38. The summed E-state index contributed by atoms with van der Waals surface area (Å²) in [5.74, 6) is 0.814. The minimum atomic E-state index is -0.0958. The number of likely N-dealkylation sites (tertiary alicyclic amines) is 1. The number of hydrogen-bond donors (Lipinski definition) is 2. The van der Waals surface area contributed by atoms with E-state index >= 15 is 0 Å². The lowest BCUT2D eigenvalue weighted by atomic mass is 9.91. The summed E-state index contributed by atoms with van der Waals surface area (Å²) in [4.78, 5) is 2.34. The highest BCUT2D eigenvalue weighted by Crippen LogP contribution is 2.19. The molecule has 3 heteroatoms. The molecule has 0 radical (unpaired) electrons. The van der Waals surface area contributed by atoms with Gasteiger partial charge in [-0.1, -0.05) is 12.8 Å². The molecular weight excluding hydrogens is 176 g/mol. The molecule has 1 aliphatic heterocycles. The Labute approximate surface area is 86.5 Å². The van der Waals surface area contributed by atoms with Crippen LogP contribution in [0.2, 0.25) is 0 Å². The predicted octanol–water partition coefficient (Wildman–Crippen LogP) is 0.441. The molecule has 0 unspecified atom stereocenters. The summed E-state index contributed by atoms with van der Waals surface area (Å²) in [6, 6.07) is 0.370. The summed E-state index contributed by atoms with van der Waals surface area (Å²) in [6.45, 7) is 3.53. The van der Waals surface area contributed by atoms with E-state index in [9.17, 15) is 5.11 Å². The molecular formula is C11H22N2O. The maximum absolute atomic E-state index is 9.75. The van der Waals surface area contributed by atoms with E-state index in [-0.39, 0.29) is 6.10 Å². The highest BCUT2D eigenvalue weighted by Gasteiger charge is 2.26. The molecule has 0 bridgehead atoms. The van der Waals surface area contributed by atoms with Crippen LogP contribution in [0.3, 0.4) is 0 Å². The van der Waals surface area contributed by atoms with E-state index in [1.165, 1.54) is 25.9 Å². The van der Waals surface area contributed by atoms with Crippen molar-refractivity contribution in [1.29, 1.82) is 0 Å². The van der Waals surface area contributed by atoms with Gasteiger partial charge in [-0.15, -0.1) is 0 Å². The summed E-state index contributed by atoms with van der Waals surface area (Å²) in [5.41, 5.74) is 0. The molecule has 2 atom stereocenters.